The summed E-state index contributed by atoms with van der Waals surface area (Å²) in [5.74, 6) is -0.379. The van der Waals surface area contributed by atoms with E-state index in [-0.39, 0.29) is 11.7 Å². The van der Waals surface area contributed by atoms with E-state index in [0.29, 0.717) is 23.6 Å². The third kappa shape index (κ3) is 4.32. The van der Waals surface area contributed by atoms with Gasteiger partial charge in [0.15, 0.2) is 0 Å². The van der Waals surface area contributed by atoms with Gasteiger partial charge in [-0.1, -0.05) is 23.7 Å². The van der Waals surface area contributed by atoms with Crippen LogP contribution in [0.3, 0.4) is 0 Å². The average molecular weight is 357 g/mol. The van der Waals surface area contributed by atoms with Crippen LogP contribution in [0.1, 0.15) is 12.0 Å². The van der Waals surface area contributed by atoms with E-state index in [2.05, 4.69) is 21.2 Å². The number of halogens is 3. The highest BCUT2D eigenvalue weighted by molar-refractivity contribution is 9.10. The van der Waals surface area contributed by atoms with E-state index < -0.39 is 0 Å². The van der Waals surface area contributed by atoms with Gasteiger partial charge in [0.1, 0.15) is 5.82 Å². The van der Waals surface area contributed by atoms with Gasteiger partial charge in [0.2, 0.25) is 5.91 Å². The molecule has 0 atom stereocenters. The van der Waals surface area contributed by atoms with Gasteiger partial charge < -0.3 is 5.32 Å². The zero-order valence-electron chi connectivity index (χ0n) is 10.5. The molecule has 0 fully saturated rings. The summed E-state index contributed by atoms with van der Waals surface area (Å²) in [6.45, 7) is 0. The van der Waals surface area contributed by atoms with Crippen molar-refractivity contribution in [1.29, 1.82) is 0 Å². The Kier molecular flexibility index (Phi) is 5.15. The van der Waals surface area contributed by atoms with Crippen LogP contribution in [0, 0.1) is 5.82 Å². The van der Waals surface area contributed by atoms with Crippen LogP contribution in [-0.4, -0.2) is 5.91 Å². The molecular formula is C15H12BrClFNO. The Morgan fingerprint density at radius 2 is 1.90 bits per heavy atom. The molecule has 0 aromatic heterocycles. The van der Waals surface area contributed by atoms with E-state index in [1.54, 1.807) is 30.3 Å². The lowest BCUT2D eigenvalue weighted by molar-refractivity contribution is -0.116. The van der Waals surface area contributed by atoms with E-state index in [4.69, 9.17) is 11.6 Å². The van der Waals surface area contributed by atoms with Gasteiger partial charge in [0.05, 0.1) is 5.02 Å². The van der Waals surface area contributed by atoms with Crippen molar-refractivity contribution in [2.75, 3.05) is 5.32 Å². The topological polar surface area (TPSA) is 29.1 Å². The van der Waals surface area contributed by atoms with Crippen molar-refractivity contribution in [2.24, 2.45) is 0 Å². The summed E-state index contributed by atoms with van der Waals surface area (Å²) in [6.07, 6.45) is 0.899. The van der Waals surface area contributed by atoms with Crippen molar-refractivity contribution >= 4 is 39.1 Å². The lowest BCUT2D eigenvalue weighted by Gasteiger charge is -2.06. The van der Waals surface area contributed by atoms with Crippen LogP contribution in [0.4, 0.5) is 10.1 Å². The summed E-state index contributed by atoms with van der Waals surface area (Å²) in [5, 5.41) is 3.32. The molecule has 0 bridgehead atoms. The fourth-order valence-electron chi connectivity index (χ4n) is 1.71. The standard InChI is InChI=1S/C15H12BrClFNO/c16-13-7-6-12(9-14(13)17)19-15(20)8-3-10-1-4-11(18)5-2-10/h1-2,4-7,9H,3,8H2,(H,19,20). The highest BCUT2D eigenvalue weighted by atomic mass is 79.9. The minimum absolute atomic E-state index is 0.104. The molecule has 5 heteroatoms. The van der Waals surface area contributed by atoms with Crippen LogP contribution in [-0.2, 0) is 11.2 Å². The Morgan fingerprint density at radius 3 is 2.55 bits per heavy atom. The van der Waals surface area contributed by atoms with Gasteiger partial charge >= 0.3 is 0 Å². The number of carbonyl (C=O) groups excluding carboxylic acids is 1. The van der Waals surface area contributed by atoms with Gasteiger partial charge in [-0.3, -0.25) is 4.79 Å². The van der Waals surface area contributed by atoms with Gasteiger partial charge in [-0.2, -0.15) is 0 Å². The summed E-state index contributed by atoms with van der Waals surface area (Å²) in [5.41, 5.74) is 1.58. The van der Waals surface area contributed by atoms with E-state index >= 15 is 0 Å². The third-order valence-corrected chi connectivity index (χ3v) is 3.99. The number of aryl methyl sites for hydroxylation is 1. The Labute approximate surface area is 130 Å². The largest absolute Gasteiger partial charge is 0.326 e. The number of benzene rings is 2. The van der Waals surface area contributed by atoms with Gasteiger partial charge in [0.25, 0.3) is 0 Å². The fourth-order valence-corrected chi connectivity index (χ4v) is 2.13. The van der Waals surface area contributed by atoms with Crippen LogP contribution in [0.5, 0.6) is 0 Å². The van der Waals surface area contributed by atoms with Gasteiger partial charge in [-0.05, 0) is 58.2 Å². The molecule has 104 valence electrons. The number of hydrogen-bond donors (Lipinski definition) is 1. The Bertz CT molecular complexity index is 616. The van der Waals surface area contributed by atoms with Crippen molar-refractivity contribution in [2.45, 2.75) is 12.8 Å². The van der Waals surface area contributed by atoms with Crippen LogP contribution < -0.4 is 5.32 Å². The molecule has 0 aliphatic rings. The van der Waals surface area contributed by atoms with E-state index in [9.17, 15) is 9.18 Å². The quantitative estimate of drug-likeness (QED) is 0.836. The number of anilines is 1. The molecule has 0 aliphatic heterocycles. The van der Waals surface area contributed by atoms with Crippen molar-refractivity contribution < 1.29 is 9.18 Å². The normalized spacial score (nSPS) is 10.3. The van der Waals surface area contributed by atoms with Crippen molar-refractivity contribution in [3.8, 4) is 0 Å². The summed E-state index contributed by atoms with van der Waals surface area (Å²) in [6, 6.07) is 11.4. The molecule has 0 saturated heterocycles. The number of rotatable bonds is 4. The average Bonchev–Trinajstić information content (AvgIpc) is 2.42. The molecule has 0 spiro atoms. The molecule has 0 heterocycles. The molecular weight excluding hydrogens is 345 g/mol. The summed E-state index contributed by atoms with van der Waals surface area (Å²) < 4.78 is 13.5. The highest BCUT2D eigenvalue weighted by Gasteiger charge is 2.05. The molecule has 1 N–H and O–H groups in total. The molecule has 0 unspecified atom stereocenters. The Balaban J connectivity index is 1.89. The monoisotopic (exact) mass is 355 g/mol. The first-order chi connectivity index (χ1) is 9.54. The Morgan fingerprint density at radius 1 is 1.20 bits per heavy atom. The van der Waals surface area contributed by atoms with Crippen LogP contribution in [0.2, 0.25) is 5.02 Å². The number of amides is 1. The van der Waals surface area contributed by atoms with Gasteiger partial charge in [0, 0.05) is 16.6 Å². The first-order valence-corrected chi connectivity index (χ1v) is 7.21. The lowest BCUT2D eigenvalue weighted by Crippen LogP contribution is -2.12. The second-order valence-corrected chi connectivity index (χ2v) is 5.57. The first-order valence-electron chi connectivity index (χ1n) is 6.04. The number of hydrogen-bond acceptors (Lipinski definition) is 1. The maximum absolute atomic E-state index is 12.7. The zero-order chi connectivity index (χ0) is 14.5. The minimum atomic E-state index is -0.275. The van der Waals surface area contributed by atoms with Crippen molar-refractivity contribution in [1.82, 2.24) is 0 Å². The number of nitrogens with one attached hydrogen (secondary N) is 1. The molecule has 1 amide bonds. The second-order valence-electron chi connectivity index (χ2n) is 4.30. The molecule has 20 heavy (non-hydrogen) atoms. The van der Waals surface area contributed by atoms with Crippen molar-refractivity contribution in [3.05, 3.63) is 63.3 Å². The second kappa shape index (κ2) is 6.86. The van der Waals surface area contributed by atoms with Gasteiger partial charge in [-0.15, -0.1) is 0 Å². The minimum Gasteiger partial charge on any atom is -0.326 e. The fraction of sp³-hybridized carbons (Fsp3) is 0.133. The summed E-state index contributed by atoms with van der Waals surface area (Å²) in [7, 11) is 0. The SMILES string of the molecule is O=C(CCc1ccc(F)cc1)Nc1ccc(Br)c(Cl)c1. The molecule has 0 saturated carbocycles. The van der Waals surface area contributed by atoms with E-state index in [1.165, 1.54) is 12.1 Å². The van der Waals surface area contributed by atoms with Crippen LogP contribution in [0.25, 0.3) is 0 Å². The summed E-state index contributed by atoms with van der Waals surface area (Å²) >= 11 is 9.24. The smallest absolute Gasteiger partial charge is 0.224 e. The van der Waals surface area contributed by atoms with E-state index in [1.807, 2.05) is 0 Å². The van der Waals surface area contributed by atoms with Crippen LogP contribution >= 0.6 is 27.5 Å². The van der Waals surface area contributed by atoms with Crippen LogP contribution in [0.15, 0.2) is 46.9 Å². The highest BCUT2D eigenvalue weighted by Crippen LogP contribution is 2.25. The molecule has 0 aliphatic carbocycles. The zero-order valence-corrected chi connectivity index (χ0v) is 12.8. The lowest BCUT2D eigenvalue weighted by atomic mass is 10.1. The molecule has 2 rings (SSSR count). The first kappa shape index (κ1) is 15.0. The Hall–Kier alpha value is -1.39. The third-order valence-electron chi connectivity index (χ3n) is 2.76. The predicted molar refractivity (Wildman–Crippen MR) is 82.5 cm³/mol. The summed E-state index contributed by atoms with van der Waals surface area (Å²) in [4.78, 5) is 11.8. The molecule has 2 nitrogen and oxygen atoms in total. The van der Waals surface area contributed by atoms with Crippen molar-refractivity contribution in [3.63, 3.8) is 0 Å². The number of carbonyl (C=O) groups is 1. The van der Waals surface area contributed by atoms with Gasteiger partial charge in [-0.25, -0.2) is 4.39 Å². The van der Waals surface area contributed by atoms with E-state index in [0.717, 1.165) is 10.0 Å². The molecule has 0 radical (unpaired) electrons. The maximum atomic E-state index is 12.7. The molecule has 2 aromatic rings. The molecule has 2 aromatic carbocycles. The predicted octanol–water partition coefficient (Wildman–Crippen LogP) is 4.81. The maximum Gasteiger partial charge on any atom is 0.224 e.